The van der Waals surface area contributed by atoms with Crippen molar-refractivity contribution >= 4 is 19.9 Å². The molecule has 1 aliphatic heterocycles. The Balaban J connectivity index is 1.86. The Labute approximate surface area is 161 Å². The number of sulfone groups is 1. The number of nitrogens with zero attached hydrogens (tertiary/aromatic N) is 1. The van der Waals surface area contributed by atoms with Gasteiger partial charge in [-0.05, 0) is 36.5 Å². The van der Waals surface area contributed by atoms with Crippen molar-refractivity contribution in [3.63, 3.8) is 0 Å². The second-order valence-corrected chi connectivity index (χ2v) is 11.6. The largest absolute Gasteiger partial charge is 0.390 e. The first-order valence-corrected chi connectivity index (χ1v) is 12.7. The molecule has 0 amide bonds. The van der Waals surface area contributed by atoms with Crippen molar-refractivity contribution < 1.29 is 21.9 Å². The van der Waals surface area contributed by atoms with E-state index in [0.29, 0.717) is 5.92 Å². The Morgan fingerprint density at radius 1 is 1.07 bits per heavy atom. The van der Waals surface area contributed by atoms with Gasteiger partial charge in [0.05, 0.1) is 28.5 Å². The summed E-state index contributed by atoms with van der Waals surface area (Å²) in [6.07, 6.45) is 4.66. The quantitative estimate of drug-likeness (QED) is 0.710. The van der Waals surface area contributed by atoms with Crippen LogP contribution in [0.15, 0.2) is 29.2 Å². The molecule has 1 saturated heterocycles. The summed E-state index contributed by atoms with van der Waals surface area (Å²) in [6, 6.07) is 5.87. The number of sulfonamides is 1. The summed E-state index contributed by atoms with van der Waals surface area (Å²) in [5, 5.41) is 10.1. The lowest BCUT2D eigenvalue weighted by Crippen LogP contribution is -2.48. The van der Waals surface area contributed by atoms with Gasteiger partial charge in [0.2, 0.25) is 10.0 Å². The topological polar surface area (TPSA) is 118 Å². The molecule has 152 valence electrons. The normalized spacial score (nSPS) is 26.5. The van der Waals surface area contributed by atoms with Gasteiger partial charge in [0.1, 0.15) is 0 Å². The maximum absolute atomic E-state index is 13.1. The van der Waals surface area contributed by atoms with Crippen molar-refractivity contribution in [2.75, 3.05) is 24.6 Å². The third-order valence-electron chi connectivity index (χ3n) is 5.58. The standard InChI is InChI=1S/C18H28N2O5S2/c19-10-11-20(17-12-26(22,23)13-18(17)21)27(24,25)16-8-6-15(7-9-16)14-4-2-1-3-5-14/h6-9,14,17-18,21H,1-5,10-13,19H2/t17-,18-/m1/s1. The average molecular weight is 417 g/mol. The molecule has 1 saturated carbocycles. The van der Waals surface area contributed by atoms with Crippen molar-refractivity contribution in [3.05, 3.63) is 29.8 Å². The van der Waals surface area contributed by atoms with Crippen LogP contribution in [0.2, 0.25) is 0 Å². The highest BCUT2D eigenvalue weighted by Gasteiger charge is 2.44. The van der Waals surface area contributed by atoms with E-state index in [-0.39, 0.29) is 23.7 Å². The van der Waals surface area contributed by atoms with Crippen molar-refractivity contribution in [1.29, 1.82) is 0 Å². The molecule has 2 fully saturated rings. The van der Waals surface area contributed by atoms with Gasteiger partial charge in [0.15, 0.2) is 9.84 Å². The van der Waals surface area contributed by atoms with Crippen molar-refractivity contribution in [2.45, 2.75) is 55.1 Å². The summed E-state index contributed by atoms with van der Waals surface area (Å²) in [4.78, 5) is 0.104. The van der Waals surface area contributed by atoms with Gasteiger partial charge in [-0.2, -0.15) is 4.31 Å². The highest BCUT2D eigenvalue weighted by Crippen LogP contribution is 2.33. The molecule has 27 heavy (non-hydrogen) atoms. The number of aliphatic hydroxyl groups excluding tert-OH is 1. The van der Waals surface area contributed by atoms with Gasteiger partial charge in [-0.25, -0.2) is 16.8 Å². The summed E-state index contributed by atoms with van der Waals surface area (Å²) in [6.45, 7) is 0.00656. The zero-order valence-corrected chi connectivity index (χ0v) is 17.0. The van der Waals surface area contributed by atoms with E-state index in [1.807, 2.05) is 12.1 Å². The lowest BCUT2D eigenvalue weighted by molar-refractivity contribution is 0.129. The number of hydrogen-bond acceptors (Lipinski definition) is 6. The number of nitrogens with two attached hydrogens (primary N) is 1. The molecule has 1 aromatic rings. The van der Waals surface area contributed by atoms with Crippen LogP contribution in [0.3, 0.4) is 0 Å². The summed E-state index contributed by atoms with van der Waals surface area (Å²) in [5.74, 6) is -0.333. The smallest absolute Gasteiger partial charge is 0.243 e. The molecular formula is C18H28N2O5S2. The van der Waals surface area contributed by atoms with Crippen LogP contribution in [0.25, 0.3) is 0 Å². The molecule has 3 rings (SSSR count). The minimum Gasteiger partial charge on any atom is -0.390 e. The molecule has 1 heterocycles. The summed E-state index contributed by atoms with van der Waals surface area (Å²) < 4.78 is 51.0. The van der Waals surface area contributed by atoms with E-state index >= 15 is 0 Å². The Morgan fingerprint density at radius 3 is 2.22 bits per heavy atom. The van der Waals surface area contributed by atoms with Crippen molar-refractivity contribution in [1.82, 2.24) is 4.31 Å². The fraction of sp³-hybridized carbons (Fsp3) is 0.667. The molecular weight excluding hydrogens is 388 g/mol. The van der Waals surface area contributed by atoms with Gasteiger partial charge < -0.3 is 10.8 Å². The zero-order valence-electron chi connectivity index (χ0n) is 15.3. The van der Waals surface area contributed by atoms with Gasteiger partial charge in [-0.1, -0.05) is 31.4 Å². The van der Waals surface area contributed by atoms with Crippen LogP contribution in [0.1, 0.15) is 43.6 Å². The van der Waals surface area contributed by atoms with E-state index in [9.17, 15) is 21.9 Å². The molecule has 3 N–H and O–H groups in total. The molecule has 2 aliphatic rings. The maximum Gasteiger partial charge on any atom is 0.243 e. The minimum absolute atomic E-state index is 0.0377. The Hall–Kier alpha value is -1.00. The zero-order chi connectivity index (χ0) is 19.7. The first-order chi connectivity index (χ1) is 12.7. The Bertz CT molecular complexity index is 846. The molecule has 7 nitrogen and oxygen atoms in total. The molecule has 9 heteroatoms. The highest BCUT2D eigenvalue weighted by molar-refractivity contribution is 7.92. The first-order valence-electron chi connectivity index (χ1n) is 9.45. The molecule has 0 unspecified atom stereocenters. The van der Waals surface area contributed by atoms with Crippen LogP contribution in [-0.4, -0.2) is 63.0 Å². The number of rotatable bonds is 6. The van der Waals surface area contributed by atoms with Crippen LogP contribution in [0.5, 0.6) is 0 Å². The molecule has 0 radical (unpaired) electrons. The fourth-order valence-corrected chi connectivity index (χ4v) is 7.72. The maximum atomic E-state index is 13.1. The third-order valence-corrected chi connectivity index (χ3v) is 9.21. The highest BCUT2D eigenvalue weighted by atomic mass is 32.2. The van der Waals surface area contributed by atoms with E-state index in [0.717, 1.165) is 22.7 Å². The Kier molecular flexibility index (Phi) is 6.27. The lowest BCUT2D eigenvalue weighted by atomic mass is 9.84. The molecule has 0 aromatic heterocycles. The lowest BCUT2D eigenvalue weighted by Gasteiger charge is -2.29. The van der Waals surface area contributed by atoms with E-state index < -0.39 is 37.8 Å². The third kappa shape index (κ3) is 4.54. The number of benzene rings is 1. The van der Waals surface area contributed by atoms with Gasteiger partial charge in [-0.3, -0.25) is 0 Å². The molecule has 1 aromatic carbocycles. The summed E-state index contributed by atoms with van der Waals surface area (Å²) in [5.41, 5.74) is 6.71. The molecule has 0 spiro atoms. The van der Waals surface area contributed by atoms with Gasteiger partial charge in [0, 0.05) is 13.1 Å². The van der Waals surface area contributed by atoms with Gasteiger partial charge in [-0.15, -0.1) is 0 Å². The second kappa shape index (κ2) is 8.16. The predicted molar refractivity (Wildman–Crippen MR) is 104 cm³/mol. The van der Waals surface area contributed by atoms with Crippen LogP contribution >= 0.6 is 0 Å². The van der Waals surface area contributed by atoms with E-state index in [4.69, 9.17) is 5.73 Å². The molecule has 1 aliphatic carbocycles. The monoisotopic (exact) mass is 416 g/mol. The van der Waals surface area contributed by atoms with Crippen LogP contribution < -0.4 is 5.73 Å². The predicted octanol–water partition coefficient (Wildman–Crippen LogP) is 0.842. The molecule has 2 atom stereocenters. The van der Waals surface area contributed by atoms with Crippen LogP contribution in [0, 0.1) is 0 Å². The van der Waals surface area contributed by atoms with Crippen LogP contribution in [-0.2, 0) is 19.9 Å². The SMILES string of the molecule is NCCN([C@@H]1CS(=O)(=O)C[C@H]1O)S(=O)(=O)c1ccc(C2CCCCC2)cc1. The molecule has 0 bridgehead atoms. The van der Waals surface area contributed by atoms with E-state index in [2.05, 4.69) is 0 Å². The van der Waals surface area contributed by atoms with Gasteiger partial charge >= 0.3 is 0 Å². The minimum atomic E-state index is -3.95. The fourth-order valence-electron chi connectivity index (χ4n) is 4.16. The number of aliphatic hydroxyl groups is 1. The Morgan fingerprint density at radius 2 is 1.70 bits per heavy atom. The van der Waals surface area contributed by atoms with E-state index in [1.165, 1.54) is 19.3 Å². The second-order valence-electron chi connectivity index (χ2n) is 7.52. The van der Waals surface area contributed by atoms with E-state index in [1.54, 1.807) is 12.1 Å². The first kappa shape index (κ1) is 20.7. The van der Waals surface area contributed by atoms with Crippen molar-refractivity contribution in [2.24, 2.45) is 5.73 Å². The number of hydrogen-bond donors (Lipinski definition) is 2. The van der Waals surface area contributed by atoms with Gasteiger partial charge in [0.25, 0.3) is 0 Å². The average Bonchev–Trinajstić information content (AvgIpc) is 2.92. The van der Waals surface area contributed by atoms with Crippen LogP contribution in [0.4, 0.5) is 0 Å². The van der Waals surface area contributed by atoms with Crippen molar-refractivity contribution in [3.8, 4) is 0 Å². The summed E-state index contributed by atoms with van der Waals surface area (Å²) >= 11 is 0. The summed E-state index contributed by atoms with van der Waals surface area (Å²) in [7, 11) is -7.42.